The molecule has 4 nitrogen and oxygen atoms in total. The fraction of sp³-hybridized carbons (Fsp3) is 0.368. The quantitative estimate of drug-likeness (QED) is 0.576. The normalized spacial score (nSPS) is 12.7. The van der Waals surface area contributed by atoms with Crippen molar-refractivity contribution in [1.82, 2.24) is 14.6 Å². The van der Waals surface area contributed by atoms with Crippen LogP contribution in [0.15, 0.2) is 30.5 Å². The number of rotatable bonds is 6. The average molecular weight is 378 g/mol. The molecule has 132 valence electrons. The van der Waals surface area contributed by atoms with Crippen LogP contribution in [0.25, 0.3) is 16.9 Å². The van der Waals surface area contributed by atoms with Gasteiger partial charge >= 0.3 is 0 Å². The first kappa shape index (κ1) is 18.2. The molecule has 0 amide bonds. The highest BCUT2D eigenvalue weighted by Crippen LogP contribution is 2.33. The maximum absolute atomic E-state index is 6.41. The zero-order valence-corrected chi connectivity index (χ0v) is 16.1. The molecule has 6 heteroatoms. The van der Waals surface area contributed by atoms with Gasteiger partial charge in [-0.15, -0.1) is 0 Å². The number of halogens is 2. The molecule has 0 N–H and O–H groups in total. The van der Waals surface area contributed by atoms with Crippen molar-refractivity contribution in [2.24, 2.45) is 0 Å². The lowest BCUT2D eigenvalue weighted by molar-refractivity contribution is 0.189. The first-order valence-corrected chi connectivity index (χ1v) is 9.13. The van der Waals surface area contributed by atoms with E-state index in [1.807, 2.05) is 28.9 Å². The maximum Gasteiger partial charge on any atom is 0.159 e. The molecule has 2 aromatic heterocycles. The molecule has 3 aromatic rings. The van der Waals surface area contributed by atoms with E-state index >= 15 is 0 Å². The van der Waals surface area contributed by atoms with Crippen LogP contribution in [0.2, 0.25) is 10.0 Å². The van der Waals surface area contributed by atoms with Crippen molar-refractivity contribution in [2.75, 3.05) is 13.7 Å². The molecule has 25 heavy (non-hydrogen) atoms. The maximum atomic E-state index is 6.41. The summed E-state index contributed by atoms with van der Waals surface area (Å²) in [5.41, 5.74) is 4.93. The van der Waals surface area contributed by atoms with Gasteiger partial charge in [0, 0.05) is 36.1 Å². The van der Waals surface area contributed by atoms with Gasteiger partial charge in [0.05, 0.1) is 16.4 Å². The van der Waals surface area contributed by atoms with Crippen molar-refractivity contribution in [2.45, 2.75) is 32.6 Å². The minimum absolute atomic E-state index is 0.316. The monoisotopic (exact) mass is 377 g/mol. The standard InChI is InChI=1S/C19H21Cl2N3O/c1-4-16-18(12(2)8-10-25-3)19-22-9-7-17(24(19)23-16)14-6-5-13(20)11-15(14)21/h5-7,9,11-12H,4,8,10H2,1-3H3. The number of hydrogen-bond acceptors (Lipinski definition) is 3. The summed E-state index contributed by atoms with van der Waals surface area (Å²) in [7, 11) is 1.72. The molecule has 2 heterocycles. The molecule has 1 atom stereocenters. The predicted molar refractivity (Wildman–Crippen MR) is 103 cm³/mol. The molecule has 0 radical (unpaired) electrons. The van der Waals surface area contributed by atoms with Crippen molar-refractivity contribution in [3.63, 3.8) is 0 Å². The van der Waals surface area contributed by atoms with Gasteiger partial charge in [0.25, 0.3) is 0 Å². The third-order valence-electron chi connectivity index (χ3n) is 4.42. The van der Waals surface area contributed by atoms with Crippen LogP contribution in [0.5, 0.6) is 0 Å². The first-order valence-electron chi connectivity index (χ1n) is 8.37. The van der Waals surface area contributed by atoms with Crippen molar-refractivity contribution >= 4 is 28.8 Å². The molecule has 0 aliphatic rings. The zero-order valence-electron chi connectivity index (χ0n) is 14.6. The molecule has 0 spiro atoms. The minimum atomic E-state index is 0.316. The third kappa shape index (κ3) is 3.52. The van der Waals surface area contributed by atoms with Gasteiger partial charge in [-0.1, -0.05) is 37.0 Å². The summed E-state index contributed by atoms with van der Waals surface area (Å²) in [5, 5.41) is 6.04. The molecule has 0 aliphatic carbocycles. The lowest BCUT2D eigenvalue weighted by atomic mass is 9.97. The number of benzene rings is 1. The van der Waals surface area contributed by atoms with Gasteiger partial charge in [0.15, 0.2) is 5.65 Å². The molecule has 1 unspecified atom stereocenters. The number of fused-ring (bicyclic) bond motifs is 1. The smallest absolute Gasteiger partial charge is 0.159 e. The van der Waals surface area contributed by atoms with Gasteiger partial charge in [0.1, 0.15) is 0 Å². The van der Waals surface area contributed by atoms with Gasteiger partial charge in [-0.05, 0) is 43.0 Å². The van der Waals surface area contributed by atoms with Crippen molar-refractivity contribution < 1.29 is 4.74 Å². The Hall–Kier alpha value is -1.62. The number of ether oxygens (including phenoxy) is 1. The summed E-state index contributed by atoms with van der Waals surface area (Å²) in [6, 6.07) is 7.43. The SMILES string of the molecule is CCc1nn2c(-c3ccc(Cl)cc3Cl)ccnc2c1C(C)CCOC. The second-order valence-electron chi connectivity index (χ2n) is 6.09. The van der Waals surface area contributed by atoms with Crippen LogP contribution in [0.4, 0.5) is 0 Å². The molecule has 3 rings (SSSR count). The predicted octanol–water partition coefficient (Wildman–Crippen LogP) is 5.41. The van der Waals surface area contributed by atoms with E-state index in [1.165, 1.54) is 5.56 Å². The van der Waals surface area contributed by atoms with Gasteiger partial charge in [-0.3, -0.25) is 0 Å². The molecular weight excluding hydrogens is 357 g/mol. The van der Waals surface area contributed by atoms with E-state index in [0.717, 1.165) is 35.4 Å². The van der Waals surface area contributed by atoms with E-state index in [-0.39, 0.29) is 0 Å². The summed E-state index contributed by atoms with van der Waals surface area (Å²) in [6.07, 6.45) is 3.59. The van der Waals surface area contributed by atoms with Gasteiger partial charge in [0.2, 0.25) is 0 Å². The fourth-order valence-electron chi connectivity index (χ4n) is 3.11. The zero-order chi connectivity index (χ0) is 18.0. The van der Waals surface area contributed by atoms with Crippen molar-refractivity contribution in [1.29, 1.82) is 0 Å². The summed E-state index contributed by atoms with van der Waals surface area (Å²) < 4.78 is 7.13. The Morgan fingerprint density at radius 1 is 1.24 bits per heavy atom. The third-order valence-corrected chi connectivity index (χ3v) is 4.97. The Bertz CT molecular complexity index is 892. The van der Waals surface area contributed by atoms with E-state index in [4.69, 9.17) is 33.0 Å². The number of aryl methyl sites for hydroxylation is 1. The van der Waals surface area contributed by atoms with Crippen LogP contribution >= 0.6 is 23.2 Å². The van der Waals surface area contributed by atoms with Crippen molar-refractivity contribution in [3.05, 3.63) is 51.8 Å². The Morgan fingerprint density at radius 3 is 2.72 bits per heavy atom. The molecule has 1 aromatic carbocycles. The minimum Gasteiger partial charge on any atom is -0.385 e. The average Bonchev–Trinajstić information content (AvgIpc) is 2.98. The molecule has 0 saturated heterocycles. The number of nitrogens with zero attached hydrogens (tertiary/aromatic N) is 3. The van der Waals surface area contributed by atoms with Gasteiger partial charge < -0.3 is 4.74 Å². The van der Waals surface area contributed by atoms with Gasteiger partial charge in [-0.2, -0.15) is 5.10 Å². The second-order valence-corrected chi connectivity index (χ2v) is 6.93. The highest BCUT2D eigenvalue weighted by Gasteiger charge is 2.21. The summed E-state index contributed by atoms with van der Waals surface area (Å²) in [6.45, 7) is 5.02. The van der Waals surface area contributed by atoms with E-state index in [1.54, 1.807) is 13.2 Å². The largest absolute Gasteiger partial charge is 0.385 e. The van der Waals surface area contributed by atoms with Crippen LogP contribution in [-0.4, -0.2) is 28.3 Å². The van der Waals surface area contributed by atoms with E-state index in [0.29, 0.717) is 22.6 Å². The van der Waals surface area contributed by atoms with Crippen LogP contribution in [0, 0.1) is 0 Å². The van der Waals surface area contributed by atoms with Crippen LogP contribution < -0.4 is 0 Å². The van der Waals surface area contributed by atoms with Gasteiger partial charge in [-0.25, -0.2) is 9.50 Å². The lowest BCUT2D eigenvalue weighted by Crippen LogP contribution is -2.02. The highest BCUT2D eigenvalue weighted by atomic mass is 35.5. The number of methoxy groups -OCH3 is 1. The fourth-order valence-corrected chi connectivity index (χ4v) is 3.62. The van der Waals surface area contributed by atoms with Crippen LogP contribution in [0.3, 0.4) is 0 Å². The summed E-state index contributed by atoms with van der Waals surface area (Å²) in [4.78, 5) is 4.60. The van der Waals surface area contributed by atoms with E-state index in [2.05, 4.69) is 18.8 Å². The second kappa shape index (κ2) is 7.73. The topological polar surface area (TPSA) is 39.4 Å². The molecule has 0 aliphatic heterocycles. The van der Waals surface area contributed by atoms with Crippen LogP contribution in [0.1, 0.15) is 37.4 Å². The first-order chi connectivity index (χ1) is 12.1. The van der Waals surface area contributed by atoms with Crippen molar-refractivity contribution in [3.8, 4) is 11.3 Å². The molecule has 0 bridgehead atoms. The highest BCUT2D eigenvalue weighted by molar-refractivity contribution is 6.36. The molecular formula is C19H21Cl2N3O. The Balaban J connectivity index is 2.18. The summed E-state index contributed by atoms with van der Waals surface area (Å²) >= 11 is 12.4. The van der Waals surface area contributed by atoms with E-state index in [9.17, 15) is 0 Å². The number of aromatic nitrogens is 3. The lowest BCUT2D eigenvalue weighted by Gasteiger charge is -2.11. The molecule has 0 fully saturated rings. The Labute approximate surface area is 157 Å². The summed E-state index contributed by atoms with van der Waals surface area (Å²) in [5.74, 6) is 0.316. The number of hydrogen-bond donors (Lipinski definition) is 0. The Morgan fingerprint density at radius 2 is 2.04 bits per heavy atom. The molecule has 0 saturated carbocycles. The van der Waals surface area contributed by atoms with E-state index < -0.39 is 0 Å². The van der Waals surface area contributed by atoms with Crippen LogP contribution in [-0.2, 0) is 11.2 Å². The Kier molecular flexibility index (Phi) is 5.62.